The van der Waals surface area contributed by atoms with Crippen LogP contribution in [0.4, 0.5) is 0 Å². The summed E-state index contributed by atoms with van der Waals surface area (Å²) in [6.07, 6.45) is 0. The van der Waals surface area contributed by atoms with Gasteiger partial charge in [0.1, 0.15) is 0 Å². The first-order valence-electron chi connectivity index (χ1n) is 5.06. The molecule has 1 N–H and O–H groups in total. The highest BCUT2D eigenvalue weighted by Crippen LogP contribution is 1.92. The van der Waals surface area contributed by atoms with Gasteiger partial charge in [-0.1, -0.05) is 0 Å². The second-order valence-corrected chi connectivity index (χ2v) is 8.79. The largest absolute Gasteiger partial charge is 0.315 e. The van der Waals surface area contributed by atoms with Crippen LogP contribution in [-0.4, -0.2) is 64.7 Å². The van der Waals surface area contributed by atoms with E-state index in [1.807, 2.05) is 0 Å². The van der Waals surface area contributed by atoms with E-state index in [9.17, 15) is 16.8 Å². The van der Waals surface area contributed by atoms with Gasteiger partial charge in [0.2, 0.25) is 0 Å². The molecule has 0 rings (SSSR count). The molecule has 104 valence electrons. The normalized spacial score (nSPS) is 12.8. The molecular formula is C8H17Cl2NO4S2. The van der Waals surface area contributed by atoms with Crippen molar-refractivity contribution in [3.8, 4) is 0 Å². The quantitative estimate of drug-likeness (QED) is 0.447. The van der Waals surface area contributed by atoms with Crippen molar-refractivity contribution < 1.29 is 16.8 Å². The van der Waals surface area contributed by atoms with E-state index >= 15 is 0 Å². The Morgan fingerprint density at radius 3 is 1.35 bits per heavy atom. The van der Waals surface area contributed by atoms with E-state index in [1.54, 1.807) is 0 Å². The maximum atomic E-state index is 11.2. The summed E-state index contributed by atoms with van der Waals surface area (Å²) in [7, 11) is -6.25. The predicted octanol–water partition coefficient (Wildman–Crippen LogP) is -0.117. The SMILES string of the molecule is O=S(=O)(CCCl)CCNCCS(=O)(=O)CCCl. The van der Waals surface area contributed by atoms with Crippen molar-refractivity contribution in [2.24, 2.45) is 0 Å². The van der Waals surface area contributed by atoms with Crippen LogP contribution in [0.3, 0.4) is 0 Å². The summed E-state index contributed by atoms with van der Waals surface area (Å²) in [6, 6.07) is 0. The number of alkyl halides is 2. The molecule has 0 bridgehead atoms. The Balaban J connectivity index is 3.74. The molecule has 17 heavy (non-hydrogen) atoms. The Bertz CT molecular complexity index is 356. The van der Waals surface area contributed by atoms with Crippen LogP contribution in [0.2, 0.25) is 0 Å². The van der Waals surface area contributed by atoms with Crippen molar-refractivity contribution in [3.63, 3.8) is 0 Å². The van der Waals surface area contributed by atoms with Crippen LogP contribution in [0.25, 0.3) is 0 Å². The van der Waals surface area contributed by atoms with E-state index in [4.69, 9.17) is 23.2 Å². The maximum absolute atomic E-state index is 11.2. The average Bonchev–Trinajstić information content (AvgIpc) is 2.16. The fourth-order valence-corrected chi connectivity index (χ4v) is 4.22. The summed E-state index contributed by atoms with van der Waals surface area (Å²) in [5.41, 5.74) is 0. The fourth-order valence-electron chi connectivity index (χ4n) is 1.02. The maximum Gasteiger partial charge on any atom is 0.152 e. The second kappa shape index (κ2) is 8.53. The molecule has 0 radical (unpaired) electrons. The van der Waals surface area contributed by atoms with Gasteiger partial charge in [-0.25, -0.2) is 16.8 Å². The van der Waals surface area contributed by atoms with E-state index in [2.05, 4.69) is 5.32 Å². The first-order chi connectivity index (χ1) is 7.83. The van der Waals surface area contributed by atoms with Gasteiger partial charge in [-0.3, -0.25) is 0 Å². The molecule has 0 aromatic heterocycles. The smallest absolute Gasteiger partial charge is 0.152 e. The zero-order valence-electron chi connectivity index (χ0n) is 9.36. The lowest BCUT2D eigenvalue weighted by Crippen LogP contribution is -2.29. The van der Waals surface area contributed by atoms with E-state index in [0.29, 0.717) is 0 Å². The predicted molar refractivity (Wildman–Crippen MR) is 71.6 cm³/mol. The van der Waals surface area contributed by atoms with E-state index in [-0.39, 0.29) is 47.9 Å². The zero-order valence-corrected chi connectivity index (χ0v) is 12.5. The fraction of sp³-hybridized carbons (Fsp3) is 1.00. The summed E-state index contributed by atoms with van der Waals surface area (Å²) in [5.74, 6) is -0.0228. The van der Waals surface area contributed by atoms with Gasteiger partial charge in [-0.15, -0.1) is 23.2 Å². The molecule has 0 aromatic rings. The zero-order chi connectivity index (χ0) is 13.4. The van der Waals surface area contributed by atoms with Gasteiger partial charge >= 0.3 is 0 Å². The third-order valence-corrected chi connectivity index (χ3v) is 6.09. The summed E-state index contributed by atoms with van der Waals surface area (Å²) in [4.78, 5) is 0. The molecule has 0 spiro atoms. The number of hydrogen-bond donors (Lipinski definition) is 1. The van der Waals surface area contributed by atoms with Gasteiger partial charge in [-0.05, 0) is 0 Å². The van der Waals surface area contributed by atoms with Crippen molar-refractivity contribution in [2.75, 3.05) is 47.9 Å². The van der Waals surface area contributed by atoms with Crippen molar-refractivity contribution in [1.29, 1.82) is 0 Å². The summed E-state index contributed by atoms with van der Waals surface area (Å²) >= 11 is 10.7. The molecule has 0 amide bonds. The lowest BCUT2D eigenvalue weighted by molar-refractivity contribution is 0.589. The van der Waals surface area contributed by atoms with Crippen LogP contribution in [-0.2, 0) is 19.7 Å². The summed E-state index contributed by atoms with van der Waals surface area (Å²) in [5, 5.41) is 2.77. The third-order valence-electron chi connectivity index (χ3n) is 1.96. The van der Waals surface area contributed by atoms with Crippen molar-refractivity contribution in [2.45, 2.75) is 0 Å². The number of nitrogens with one attached hydrogen (secondary N) is 1. The molecule has 5 nitrogen and oxygen atoms in total. The Morgan fingerprint density at radius 1 is 0.706 bits per heavy atom. The van der Waals surface area contributed by atoms with Crippen LogP contribution in [0.15, 0.2) is 0 Å². The van der Waals surface area contributed by atoms with Crippen LogP contribution < -0.4 is 5.32 Å². The van der Waals surface area contributed by atoms with Crippen LogP contribution >= 0.6 is 23.2 Å². The summed E-state index contributed by atoms with van der Waals surface area (Å²) in [6.45, 7) is 0.464. The van der Waals surface area contributed by atoms with E-state index < -0.39 is 19.7 Å². The molecule has 0 aliphatic heterocycles. The first kappa shape index (κ1) is 17.4. The molecule has 0 aromatic carbocycles. The van der Waals surface area contributed by atoms with Gasteiger partial charge in [-0.2, -0.15) is 0 Å². The van der Waals surface area contributed by atoms with Gasteiger partial charge in [0, 0.05) is 24.8 Å². The standard InChI is InChI=1S/C8H17Cl2NO4S2/c9-1-5-16(12,13)7-3-11-4-8-17(14,15)6-2-10/h11H,1-8H2. The van der Waals surface area contributed by atoms with Crippen LogP contribution in [0.1, 0.15) is 0 Å². The molecule has 0 heterocycles. The lowest BCUT2D eigenvalue weighted by atomic mass is 10.7. The highest BCUT2D eigenvalue weighted by molar-refractivity contribution is 7.91. The molecule has 0 aliphatic carbocycles. The van der Waals surface area contributed by atoms with Crippen molar-refractivity contribution >= 4 is 42.9 Å². The van der Waals surface area contributed by atoms with Crippen LogP contribution in [0, 0.1) is 0 Å². The molecular weight excluding hydrogens is 309 g/mol. The van der Waals surface area contributed by atoms with Gasteiger partial charge in [0.25, 0.3) is 0 Å². The van der Waals surface area contributed by atoms with Crippen molar-refractivity contribution in [3.05, 3.63) is 0 Å². The highest BCUT2D eigenvalue weighted by Gasteiger charge is 2.11. The second-order valence-electron chi connectivity index (χ2n) is 3.43. The molecule has 0 aliphatic rings. The van der Waals surface area contributed by atoms with E-state index in [1.165, 1.54) is 0 Å². The number of hydrogen-bond acceptors (Lipinski definition) is 5. The average molecular weight is 326 g/mol. The Hall–Kier alpha value is 0.440. The molecule has 0 unspecified atom stereocenters. The monoisotopic (exact) mass is 325 g/mol. The molecule has 0 saturated carbocycles. The minimum Gasteiger partial charge on any atom is -0.315 e. The highest BCUT2D eigenvalue weighted by atomic mass is 35.5. The minimum absolute atomic E-state index is 0.0325. The number of sulfone groups is 2. The first-order valence-corrected chi connectivity index (χ1v) is 9.77. The number of halogens is 2. The van der Waals surface area contributed by atoms with Crippen molar-refractivity contribution in [1.82, 2.24) is 5.32 Å². The van der Waals surface area contributed by atoms with Gasteiger partial charge in [0.15, 0.2) is 19.7 Å². The Kier molecular flexibility index (Phi) is 8.75. The molecule has 0 fully saturated rings. The Morgan fingerprint density at radius 2 is 1.06 bits per heavy atom. The van der Waals surface area contributed by atoms with Gasteiger partial charge < -0.3 is 5.32 Å². The van der Waals surface area contributed by atoms with Gasteiger partial charge in [0.05, 0.1) is 23.0 Å². The topological polar surface area (TPSA) is 80.3 Å². The molecule has 9 heteroatoms. The Labute approximate surface area is 113 Å². The third kappa shape index (κ3) is 10.1. The molecule has 0 saturated heterocycles. The summed E-state index contributed by atoms with van der Waals surface area (Å²) < 4.78 is 44.9. The minimum atomic E-state index is -3.12. The van der Waals surface area contributed by atoms with E-state index in [0.717, 1.165) is 0 Å². The molecule has 0 atom stereocenters. The number of rotatable bonds is 10. The van der Waals surface area contributed by atoms with Crippen LogP contribution in [0.5, 0.6) is 0 Å². The lowest BCUT2D eigenvalue weighted by Gasteiger charge is -2.05.